The Kier molecular flexibility index (Phi) is 25.7. The third-order valence-electron chi connectivity index (χ3n) is 9.86. The minimum Gasteiger partial charge on any atom is -0.494 e. The zero-order chi connectivity index (χ0) is 42.9. The molecule has 0 aromatic heterocycles. The molecule has 0 atom stereocenters. The molecule has 0 spiro atoms. The summed E-state index contributed by atoms with van der Waals surface area (Å²) in [5.74, 6) is 0.392. The fourth-order valence-electron chi connectivity index (χ4n) is 6.36. The Morgan fingerprint density at radius 2 is 0.600 bits per heavy atom. The van der Waals surface area contributed by atoms with Crippen LogP contribution in [0.2, 0.25) is 0 Å². The number of carbonyl (C=O) groups is 4. The molecule has 0 N–H and O–H groups in total. The van der Waals surface area contributed by atoms with E-state index >= 15 is 0 Å². The molecule has 326 valence electrons. The van der Waals surface area contributed by atoms with E-state index < -0.39 is 11.9 Å². The van der Waals surface area contributed by atoms with Crippen LogP contribution in [0.5, 0.6) is 23.0 Å². The molecule has 0 aliphatic rings. The molecule has 0 bridgehead atoms. The van der Waals surface area contributed by atoms with Crippen molar-refractivity contribution in [1.82, 2.24) is 0 Å². The number of ether oxygens (including phenoxy) is 6. The van der Waals surface area contributed by atoms with Crippen molar-refractivity contribution in [3.05, 3.63) is 109 Å². The normalized spacial score (nSPS) is 10.7. The van der Waals surface area contributed by atoms with E-state index in [1.165, 1.54) is 89.2 Å². The van der Waals surface area contributed by atoms with Gasteiger partial charge in [-0.1, -0.05) is 116 Å². The van der Waals surface area contributed by atoms with Crippen LogP contribution in [0.15, 0.2) is 98.1 Å². The summed E-state index contributed by atoms with van der Waals surface area (Å²) in [4.78, 5) is 47.5. The van der Waals surface area contributed by atoms with E-state index in [1.807, 2.05) is 0 Å². The van der Waals surface area contributed by atoms with Crippen molar-refractivity contribution in [2.75, 3.05) is 26.4 Å². The summed E-state index contributed by atoms with van der Waals surface area (Å²) in [5, 5.41) is 0. The van der Waals surface area contributed by atoms with Crippen molar-refractivity contribution >= 4 is 23.9 Å². The first-order valence-electron chi connectivity index (χ1n) is 22.0. The van der Waals surface area contributed by atoms with E-state index in [0.29, 0.717) is 60.6 Å². The third-order valence-corrected chi connectivity index (χ3v) is 9.86. The fourth-order valence-corrected chi connectivity index (χ4v) is 6.36. The molecule has 0 heterocycles. The van der Waals surface area contributed by atoms with Gasteiger partial charge in [0.1, 0.15) is 23.0 Å². The highest BCUT2D eigenvalue weighted by Gasteiger charge is 2.12. The average molecular weight is 827 g/mol. The number of carbonyl (C=O) groups excluding carboxylic acids is 4. The van der Waals surface area contributed by atoms with Gasteiger partial charge in [0, 0.05) is 12.2 Å². The van der Waals surface area contributed by atoms with Crippen LogP contribution in [0.3, 0.4) is 0 Å². The third kappa shape index (κ3) is 22.7. The number of unbranched alkanes of at least 4 members (excludes halogenated alkanes) is 18. The Balaban J connectivity index is 1.19. The van der Waals surface area contributed by atoms with Gasteiger partial charge in [-0.2, -0.15) is 0 Å². The number of benzene rings is 3. The lowest BCUT2D eigenvalue weighted by atomic mass is 10.1. The molecular weight excluding hydrogens is 761 g/mol. The maximum Gasteiger partial charge on any atom is 0.343 e. The van der Waals surface area contributed by atoms with Crippen LogP contribution in [0.25, 0.3) is 0 Å². The molecule has 0 fully saturated rings. The predicted molar refractivity (Wildman–Crippen MR) is 235 cm³/mol. The summed E-state index contributed by atoms with van der Waals surface area (Å²) < 4.78 is 32.7. The Morgan fingerprint density at radius 1 is 0.350 bits per heavy atom. The number of esters is 4. The molecule has 0 aliphatic carbocycles. The summed E-state index contributed by atoms with van der Waals surface area (Å²) >= 11 is 0. The molecule has 3 aromatic carbocycles. The summed E-state index contributed by atoms with van der Waals surface area (Å²) in [7, 11) is 0. The molecule has 10 nitrogen and oxygen atoms in total. The maximum absolute atomic E-state index is 12.7. The van der Waals surface area contributed by atoms with E-state index in [-0.39, 0.29) is 11.9 Å². The van der Waals surface area contributed by atoms with Crippen LogP contribution >= 0.6 is 0 Å². The van der Waals surface area contributed by atoms with Gasteiger partial charge >= 0.3 is 23.9 Å². The quantitative estimate of drug-likeness (QED) is 0.0249. The highest BCUT2D eigenvalue weighted by Crippen LogP contribution is 2.22. The maximum atomic E-state index is 12.7. The van der Waals surface area contributed by atoms with Crippen molar-refractivity contribution in [3.8, 4) is 23.0 Å². The number of hydrogen-bond acceptors (Lipinski definition) is 10. The molecule has 0 saturated heterocycles. The number of rotatable bonds is 34. The average Bonchev–Trinajstić information content (AvgIpc) is 3.27. The van der Waals surface area contributed by atoms with Crippen LogP contribution in [0.4, 0.5) is 0 Å². The number of hydrogen-bond donors (Lipinski definition) is 0. The summed E-state index contributed by atoms with van der Waals surface area (Å²) in [6.07, 6.45) is 25.1. The molecule has 0 unspecified atom stereocenters. The highest BCUT2D eigenvalue weighted by molar-refractivity contribution is 5.92. The Labute approximate surface area is 357 Å². The molecule has 10 heteroatoms. The van der Waals surface area contributed by atoms with Gasteiger partial charge in [-0.05, 0) is 98.5 Å². The molecule has 0 amide bonds. The minimum absolute atomic E-state index is 0.333. The van der Waals surface area contributed by atoms with Crippen LogP contribution < -0.4 is 18.9 Å². The van der Waals surface area contributed by atoms with E-state index in [0.717, 1.165) is 51.4 Å². The first-order valence-corrected chi connectivity index (χ1v) is 22.0. The lowest BCUT2D eigenvalue weighted by molar-refractivity contribution is -0.138. The van der Waals surface area contributed by atoms with Crippen LogP contribution in [-0.2, 0) is 19.1 Å². The minimum atomic E-state index is -0.496. The van der Waals surface area contributed by atoms with Gasteiger partial charge in [0.2, 0.25) is 0 Å². The van der Waals surface area contributed by atoms with Gasteiger partial charge in [0.05, 0.1) is 37.6 Å². The zero-order valence-corrected chi connectivity index (χ0v) is 35.6. The highest BCUT2D eigenvalue weighted by atomic mass is 16.5. The smallest absolute Gasteiger partial charge is 0.343 e. The van der Waals surface area contributed by atoms with Crippen molar-refractivity contribution in [2.45, 2.75) is 128 Å². The summed E-state index contributed by atoms with van der Waals surface area (Å²) in [5.41, 5.74) is 0.804. The molecular formula is C50H66O10. The van der Waals surface area contributed by atoms with Crippen molar-refractivity contribution in [2.24, 2.45) is 0 Å². The van der Waals surface area contributed by atoms with Gasteiger partial charge in [-0.15, -0.1) is 0 Å². The van der Waals surface area contributed by atoms with Gasteiger partial charge < -0.3 is 28.4 Å². The van der Waals surface area contributed by atoms with Gasteiger partial charge in [0.25, 0.3) is 0 Å². The lowest BCUT2D eigenvalue weighted by Gasteiger charge is -2.09. The van der Waals surface area contributed by atoms with Crippen LogP contribution in [-0.4, -0.2) is 50.3 Å². The Morgan fingerprint density at radius 3 is 0.883 bits per heavy atom. The fraction of sp³-hybridized carbons (Fsp3) is 0.480. The predicted octanol–water partition coefficient (Wildman–Crippen LogP) is 12.1. The van der Waals surface area contributed by atoms with E-state index in [1.54, 1.807) is 72.8 Å². The van der Waals surface area contributed by atoms with E-state index in [4.69, 9.17) is 28.4 Å². The Bertz CT molecular complexity index is 1540. The van der Waals surface area contributed by atoms with Crippen molar-refractivity contribution in [3.63, 3.8) is 0 Å². The van der Waals surface area contributed by atoms with Gasteiger partial charge in [0.15, 0.2) is 0 Å². The summed E-state index contributed by atoms with van der Waals surface area (Å²) in [6, 6.07) is 20.2. The SMILES string of the molecule is C=CC(=O)OCCCCCCCCCCCCOc1ccc(C(=O)Oc2ccc(OC(=O)c3ccc(OCCCCCCCCCCCCOC(=O)C=C)cc3)cc2)cc1. The Hall–Kier alpha value is -5.38. The van der Waals surface area contributed by atoms with Gasteiger partial charge in [-0.3, -0.25) is 0 Å². The lowest BCUT2D eigenvalue weighted by Crippen LogP contribution is -2.09. The van der Waals surface area contributed by atoms with Crippen LogP contribution in [0, 0.1) is 0 Å². The van der Waals surface area contributed by atoms with Crippen molar-refractivity contribution < 1.29 is 47.6 Å². The summed E-state index contributed by atoms with van der Waals surface area (Å²) in [6.45, 7) is 8.99. The van der Waals surface area contributed by atoms with E-state index in [2.05, 4.69) is 13.2 Å². The topological polar surface area (TPSA) is 124 Å². The van der Waals surface area contributed by atoms with Crippen molar-refractivity contribution in [1.29, 1.82) is 0 Å². The molecule has 3 rings (SSSR count). The molecule has 3 aromatic rings. The second kappa shape index (κ2) is 31.5. The molecule has 0 aliphatic heterocycles. The second-order valence-corrected chi connectivity index (χ2v) is 14.8. The van der Waals surface area contributed by atoms with Gasteiger partial charge in [-0.25, -0.2) is 19.2 Å². The monoisotopic (exact) mass is 826 g/mol. The van der Waals surface area contributed by atoms with Crippen LogP contribution in [0.1, 0.15) is 149 Å². The van der Waals surface area contributed by atoms with E-state index in [9.17, 15) is 19.2 Å². The zero-order valence-electron chi connectivity index (χ0n) is 35.6. The first kappa shape index (κ1) is 49.0. The second-order valence-electron chi connectivity index (χ2n) is 14.8. The standard InChI is InChI=1S/C50H66O10/c1-3-47(51)57-39-23-19-15-11-7-5-9-13-17-21-37-55-43-29-25-41(26-30-43)49(53)59-45-33-35-46(36-34-45)60-50(54)42-27-31-44(32-28-42)56-38-22-18-14-10-6-8-12-16-20-24-40-58-48(52)4-2/h3-4,25-36H,1-2,5-24,37-40H2. The molecule has 0 saturated carbocycles. The molecule has 0 radical (unpaired) electrons. The molecule has 60 heavy (non-hydrogen) atoms. The largest absolute Gasteiger partial charge is 0.494 e. The first-order chi connectivity index (χ1) is 29.4.